The molecular formula is C18H22N4O4S. The van der Waals surface area contributed by atoms with Crippen molar-refractivity contribution in [2.45, 2.75) is 39.7 Å². The molecule has 2 atom stereocenters. The number of hydrogen-bond donors (Lipinski definition) is 2. The predicted octanol–water partition coefficient (Wildman–Crippen LogP) is 2.81. The van der Waals surface area contributed by atoms with Crippen molar-refractivity contribution >= 4 is 28.3 Å². The molecule has 0 radical (unpaired) electrons. The molecule has 0 saturated carbocycles. The van der Waals surface area contributed by atoms with Crippen LogP contribution in [0.3, 0.4) is 0 Å². The number of aromatic nitrogens is 2. The third-order valence-corrected chi connectivity index (χ3v) is 5.30. The Bertz CT molecular complexity index is 839. The standard InChI is InChI=1S/C18H22N4O4S/c1-4-10(3)15(19-14(23)5-2)16(24)20-18-22-21-17(27-18)11-6-7-12-13(8-11)26-9-25-12/h6-8,10,15H,4-5,9H2,1-3H3,(H,19,23)(H,20,22,24)/t10-,15+/m0/s1. The molecule has 9 heteroatoms. The Hall–Kier alpha value is -2.68. The molecule has 2 heterocycles. The summed E-state index contributed by atoms with van der Waals surface area (Å²) in [6.07, 6.45) is 1.09. The summed E-state index contributed by atoms with van der Waals surface area (Å²) in [5.74, 6) is 0.905. The quantitative estimate of drug-likeness (QED) is 0.754. The summed E-state index contributed by atoms with van der Waals surface area (Å²) in [5.41, 5.74) is 0.829. The molecule has 144 valence electrons. The minimum atomic E-state index is -0.611. The topological polar surface area (TPSA) is 102 Å². The van der Waals surface area contributed by atoms with E-state index >= 15 is 0 Å². The lowest BCUT2D eigenvalue weighted by molar-refractivity contribution is -0.127. The Morgan fingerprint density at radius 1 is 1.22 bits per heavy atom. The molecular weight excluding hydrogens is 368 g/mol. The molecule has 1 aromatic carbocycles. The molecule has 8 nitrogen and oxygen atoms in total. The molecule has 2 aromatic rings. The number of nitrogens with zero attached hydrogens (tertiary/aromatic N) is 2. The molecule has 2 N–H and O–H groups in total. The Kier molecular flexibility index (Phi) is 5.90. The normalized spacial score (nSPS) is 14.5. The van der Waals surface area contributed by atoms with E-state index in [1.165, 1.54) is 11.3 Å². The largest absolute Gasteiger partial charge is 0.454 e. The van der Waals surface area contributed by atoms with Crippen molar-refractivity contribution in [1.29, 1.82) is 0 Å². The first-order chi connectivity index (χ1) is 13.0. The van der Waals surface area contributed by atoms with Gasteiger partial charge in [0.2, 0.25) is 23.7 Å². The van der Waals surface area contributed by atoms with E-state index in [-0.39, 0.29) is 24.5 Å². The summed E-state index contributed by atoms with van der Waals surface area (Å²) in [6, 6.07) is 4.90. The van der Waals surface area contributed by atoms with Gasteiger partial charge in [-0.05, 0) is 24.1 Å². The maximum Gasteiger partial charge on any atom is 0.249 e. The van der Waals surface area contributed by atoms with E-state index in [4.69, 9.17) is 9.47 Å². The Balaban J connectivity index is 1.72. The summed E-state index contributed by atoms with van der Waals surface area (Å²) < 4.78 is 10.7. The predicted molar refractivity (Wildman–Crippen MR) is 102 cm³/mol. The van der Waals surface area contributed by atoms with Crippen LogP contribution in [-0.2, 0) is 9.59 Å². The van der Waals surface area contributed by atoms with E-state index in [9.17, 15) is 9.59 Å². The van der Waals surface area contributed by atoms with Gasteiger partial charge >= 0.3 is 0 Å². The molecule has 1 aliphatic heterocycles. The molecule has 0 aliphatic carbocycles. The van der Waals surface area contributed by atoms with Crippen LogP contribution in [-0.4, -0.2) is 34.8 Å². The van der Waals surface area contributed by atoms with Crippen LogP contribution in [0, 0.1) is 5.92 Å². The zero-order valence-electron chi connectivity index (χ0n) is 15.4. The SMILES string of the molecule is CCC(=O)N[C@@H](C(=O)Nc1nnc(-c2ccc3c(c2)OCO3)s1)[C@@H](C)CC. The minimum absolute atomic E-state index is 0.00162. The number of amides is 2. The molecule has 0 saturated heterocycles. The fraction of sp³-hybridized carbons (Fsp3) is 0.444. The number of carbonyl (C=O) groups excluding carboxylic acids is 2. The molecule has 1 aliphatic rings. The van der Waals surface area contributed by atoms with Crippen molar-refractivity contribution in [3.8, 4) is 22.1 Å². The van der Waals surface area contributed by atoms with Crippen LogP contribution >= 0.6 is 11.3 Å². The summed E-state index contributed by atoms with van der Waals surface area (Å²) in [5, 5.41) is 14.8. The first kappa shape index (κ1) is 19.1. The zero-order chi connectivity index (χ0) is 19.4. The van der Waals surface area contributed by atoms with Gasteiger partial charge in [-0.25, -0.2) is 0 Å². The monoisotopic (exact) mass is 390 g/mol. The Morgan fingerprint density at radius 3 is 2.74 bits per heavy atom. The van der Waals surface area contributed by atoms with Gasteiger partial charge in [0.15, 0.2) is 11.5 Å². The number of carbonyl (C=O) groups is 2. The molecule has 3 rings (SSSR count). The third-order valence-electron chi connectivity index (χ3n) is 4.41. The van der Waals surface area contributed by atoms with Crippen LogP contribution < -0.4 is 20.1 Å². The van der Waals surface area contributed by atoms with Crippen molar-refractivity contribution in [2.24, 2.45) is 5.92 Å². The maximum atomic E-state index is 12.6. The molecule has 0 fully saturated rings. The second-order valence-electron chi connectivity index (χ2n) is 6.25. The van der Waals surface area contributed by atoms with E-state index in [2.05, 4.69) is 20.8 Å². The second-order valence-corrected chi connectivity index (χ2v) is 7.23. The van der Waals surface area contributed by atoms with Crippen LogP contribution in [0.25, 0.3) is 10.6 Å². The molecule has 27 heavy (non-hydrogen) atoms. The van der Waals surface area contributed by atoms with Gasteiger partial charge in [0.1, 0.15) is 11.0 Å². The highest BCUT2D eigenvalue weighted by Crippen LogP contribution is 2.37. The van der Waals surface area contributed by atoms with Crippen LogP contribution in [0.1, 0.15) is 33.6 Å². The lowest BCUT2D eigenvalue weighted by Crippen LogP contribution is -2.47. The van der Waals surface area contributed by atoms with Crippen LogP contribution in [0.15, 0.2) is 18.2 Å². The van der Waals surface area contributed by atoms with Crippen molar-refractivity contribution in [2.75, 3.05) is 12.1 Å². The fourth-order valence-electron chi connectivity index (χ4n) is 2.58. The van der Waals surface area contributed by atoms with Gasteiger partial charge in [0.05, 0.1) is 0 Å². The molecule has 2 amide bonds. The maximum absolute atomic E-state index is 12.6. The minimum Gasteiger partial charge on any atom is -0.454 e. The van der Waals surface area contributed by atoms with E-state index in [0.717, 1.165) is 12.0 Å². The number of benzene rings is 1. The average molecular weight is 390 g/mol. The van der Waals surface area contributed by atoms with Gasteiger partial charge in [0.25, 0.3) is 0 Å². The summed E-state index contributed by atoms with van der Waals surface area (Å²) >= 11 is 1.26. The van der Waals surface area contributed by atoms with Crippen molar-refractivity contribution in [3.05, 3.63) is 18.2 Å². The zero-order valence-corrected chi connectivity index (χ0v) is 16.3. The highest BCUT2D eigenvalue weighted by atomic mass is 32.1. The lowest BCUT2D eigenvalue weighted by Gasteiger charge is -2.22. The Morgan fingerprint density at radius 2 is 2.00 bits per heavy atom. The number of hydrogen-bond acceptors (Lipinski definition) is 7. The highest BCUT2D eigenvalue weighted by Gasteiger charge is 2.26. The van der Waals surface area contributed by atoms with E-state index in [0.29, 0.717) is 28.1 Å². The number of rotatable bonds is 7. The smallest absolute Gasteiger partial charge is 0.249 e. The number of fused-ring (bicyclic) bond motifs is 1. The van der Waals surface area contributed by atoms with E-state index in [1.807, 2.05) is 32.0 Å². The summed E-state index contributed by atoms with van der Waals surface area (Å²) in [6.45, 7) is 5.87. The average Bonchev–Trinajstić information content (AvgIpc) is 3.33. The van der Waals surface area contributed by atoms with Crippen LogP contribution in [0.4, 0.5) is 5.13 Å². The summed E-state index contributed by atoms with van der Waals surface area (Å²) in [7, 11) is 0. The number of nitrogens with one attached hydrogen (secondary N) is 2. The second kappa shape index (κ2) is 8.34. The van der Waals surface area contributed by atoms with E-state index in [1.54, 1.807) is 6.92 Å². The van der Waals surface area contributed by atoms with Gasteiger partial charge in [-0.1, -0.05) is 38.5 Å². The summed E-state index contributed by atoms with van der Waals surface area (Å²) in [4.78, 5) is 24.4. The Labute approximate surface area is 161 Å². The van der Waals surface area contributed by atoms with Crippen LogP contribution in [0.2, 0.25) is 0 Å². The van der Waals surface area contributed by atoms with Gasteiger partial charge in [-0.3, -0.25) is 14.9 Å². The van der Waals surface area contributed by atoms with Gasteiger partial charge in [-0.15, -0.1) is 10.2 Å². The lowest BCUT2D eigenvalue weighted by atomic mass is 9.98. The highest BCUT2D eigenvalue weighted by molar-refractivity contribution is 7.18. The van der Waals surface area contributed by atoms with Crippen molar-refractivity contribution in [3.63, 3.8) is 0 Å². The number of anilines is 1. The van der Waals surface area contributed by atoms with Crippen molar-refractivity contribution in [1.82, 2.24) is 15.5 Å². The van der Waals surface area contributed by atoms with Gasteiger partial charge < -0.3 is 14.8 Å². The third kappa shape index (κ3) is 4.36. The van der Waals surface area contributed by atoms with Gasteiger partial charge in [-0.2, -0.15) is 0 Å². The number of ether oxygens (including phenoxy) is 2. The molecule has 1 aromatic heterocycles. The molecule has 0 spiro atoms. The van der Waals surface area contributed by atoms with Crippen molar-refractivity contribution < 1.29 is 19.1 Å². The first-order valence-corrected chi connectivity index (χ1v) is 9.67. The molecule has 0 bridgehead atoms. The fourth-order valence-corrected chi connectivity index (χ4v) is 3.32. The first-order valence-electron chi connectivity index (χ1n) is 8.85. The van der Waals surface area contributed by atoms with Crippen LogP contribution in [0.5, 0.6) is 11.5 Å². The molecule has 0 unspecified atom stereocenters. The van der Waals surface area contributed by atoms with E-state index < -0.39 is 6.04 Å². The van der Waals surface area contributed by atoms with Gasteiger partial charge in [0, 0.05) is 12.0 Å².